The molecule has 0 N–H and O–H groups in total. The predicted octanol–water partition coefficient (Wildman–Crippen LogP) is 4.74. The fraction of sp³-hybridized carbons (Fsp3) is 0.250. The molecule has 10 nitrogen and oxygen atoms in total. The number of nitrogens with zero attached hydrogens (tertiary/aromatic N) is 4. The molecule has 4 aromatic rings. The number of esters is 1. The van der Waals surface area contributed by atoms with Crippen LogP contribution in [0.4, 0.5) is 5.69 Å². The SMILES string of the molecule is COC(=O)c1cc(C(C)=O)c(COc2nc(-c3ccc(N4CCOCC4)cc3)cc(-c3ccon3)c2C#N)s1. The largest absolute Gasteiger partial charge is 0.471 e. The lowest BCUT2D eigenvalue weighted by atomic mass is 10.0. The zero-order valence-corrected chi connectivity index (χ0v) is 22.1. The fourth-order valence-electron chi connectivity index (χ4n) is 4.27. The highest BCUT2D eigenvalue weighted by Gasteiger charge is 2.22. The number of hydrogen-bond acceptors (Lipinski definition) is 11. The van der Waals surface area contributed by atoms with Gasteiger partial charge in [-0.2, -0.15) is 5.26 Å². The van der Waals surface area contributed by atoms with E-state index in [0.29, 0.717) is 40.6 Å². The van der Waals surface area contributed by atoms with Gasteiger partial charge in [0, 0.05) is 41.5 Å². The lowest BCUT2D eigenvalue weighted by Crippen LogP contribution is -2.36. The summed E-state index contributed by atoms with van der Waals surface area (Å²) < 4.78 is 21.3. The number of nitriles is 1. The summed E-state index contributed by atoms with van der Waals surface area (Å²) in [7, 11) is 1.28. The van der Waals surface area contributed by atoms with Crippen LogP contribution in [0.25, 0.3) is 22.5 Å². The smallest absolute Gasteiger partial charge is 0.348 e. The number of ether oxygens (including phenoxy) is 3. The number of morpholine rings is 1. The van der Waals surface area contributed by atoms with Crippen LogP contribution in [0.15, 0.2) is 53.3 Å². The van der Waals surface area contributed by atoms with E-state index in [1.165, 1.54) is 26.4 Å². The number of aromatic nitrogens is 2. The average Bonchev–Trinajstić information content (AvgIpc) is 3.67. The van der Waals surface area contributed by atoms with Crippen LogP contribution in [0.1, 0.15) is 37.4 Å². The summed E-state index contributed by atoms with van der Waals surface area (Å²) in [5.41, 5.74) is 3.95. The molecule has 3 aromatic heterocycles. The van der Waals surface area contributed by atoms with E-state index in [-0.39, 0.29) is 28.7 Å². The Bertz CT molecular complexity index is 1530. The number of rotatable bonds is 8. The number of Topliss-reactive ketones (excluding diaryl/α,β-unsaturated/α-hetero) is 1. The van der Waals surface area contributed by atoms with Crippen LogP contribution in [0.5, 0.6) is 5.88 Å². The van der Waals surface area contributed by atoms with Gasteiger partial charge >= 0.3 is 5.97 Å². The Hall–Kier alpha value is -4.53. The Kier molecular flexibility index (Phi) is 7.67. The van der Waals surface area contributed by atoms with Gasteiger partial charge in [-0.3, -0.25) is 4.79 Å². The van der Waals surface area contributed by atoms with Crippen LogP contribution in [0.2, 0.25) is 0 Å². The maximum atomic E-state index is 12.2. The fourth-order valence-corrected chi connectivity index (χ4v) is 5.31. The summed E-state index contributed by atoms with van der Waals surface area (Å²) in [5.74, 6) is -0.681. The zero-order chi connectivity index (χ0) is 27.4. The molecule has 0 bridgehead atoms. The van der Waals surface area contributed by atoms with Crippen molar-refractivity contribution in [1.82, 2.24) is 10.1 Å². The Morgan fingerprint density at radius 2 is 1.90 bits per heavy atom. The van der Waals surface area contributed by atoms with Crippen molar-refractivity contribution in [1.29, 1.82) is 5.26 Å². The van der Waals surface area contributed by atoms with E-state index in [9.17, 15) is 14.9 Å². The minimum absolute atomic E-state index is 0.0735. The Labute approximate surface area is 228 Å². The molecule has 1 fully saturated rings. The first kappa shape index (κ1) is 26.1. The van der Waals surface area contributed by atoms with Gasteiger partial charge in [-0.05, 0) is 31.2 Å². The normalized spacial score (nSPS) is 13.1. The molecule has 0 radical (unpaired) electrons. The van der Waals surface area contributed by atoms with Crippen molar-refractivity contribution >= 4 is 28.8 Å². The molecule has 5 rings (SSSR count). The second-order valence-electron chi connectivity index (χ2n) is 8.66. The topological polar surface area (TPSA) is 128 Å². The van der Waals surface area contributed by atoms with Gasteiger partial charge < -0.3 is 23.6 Å². The minimum atomic E-state index is -0.541. The quantitative estimate of drug-likeness (QED) is 0.227. The molecule has 0 aliphatic carbocycles. The summed E-state index contributed by atoms with van der Waals surface area (Å²) in [5, 5.41) is 14.0. The van der Waals surface area contributed by atoms with Gasteiger partial charge in [0.15, 0.2) is 5.78 Å². The summed E-state index contributed by atoms with van der Waals surface area (Å²) in [6, 6.07) is 15.1. The van der Waals surface area contributed by atoms with E-state index < -0.39 is 5.97 Å². The molecule has 39 heavy (non-hydrogen) atoms. The Morgan fingerprint density at radius 3 is 2.54 bits per heavy atom. The van der Waals surface area contributed by atoms with Crippen LogP contribution in [-0.4, -0.2) is 55.3 Å². The molecule has 11 heteroatoms. The van der Waals surface area contributed by atoms with E-state index in [0.717, 1.165) is 35.7 Å². The first-order chi connectivity index (χ1) is 19.0. The minimum Gasteiger partial charge on any atom is -0.471 e. The van der Waals surface area contributed by atoms with E-state index in [1.807, 2.05) is 24.3 Å². The lowest BCUT2D eigenvalue weighted by molar-refractivity contribution is 0.0606. The van der Waals surface area contributed by atoms with Crippen molar-refractivity contribution in [2.45, 2.75) is 13.5 Å². The highest BCUT2D eigenvalue weighted by Crippen LogP contribution is 2.34. The summed E-state index contributed by atoms with van der Waals surface area (Å²) in [4.78, 5) is 32.0. The van der Waals surface area contributed by atoms with Crippen molar-refractivity contribution < 1.29 is 28.3 Å². The maximum Gasteiger partial charge on any atom is 0.348 e. The van der Waals surface area contributed by atoms with E-state index in [1.54, 1.807) is 12.1 Å². The van der Waals surface area contributed by atoms with Crippen LogP contribution in [0, 0.1) is 11.3 Å². The standard InChI is InChI=1S/C28H24N4O6S/c1-17(33)20-14-25(28(34)35-2)39-26(20)16-37-27-22(15-29)21(23-7-10-38-31-23)13-24(30-27)18-3-5-19(6-4-18)32-8-11-36-12-9-32/h3-7,10,13-14H,8-9,11-12,16H2,1-2H3. The van der Waals surface area contributed by atoms with Gasteiger partial charge in [0.25, 0.3) is 0 Å². The second-order valence-corrected chi connectivity index (χ2v) is 9.80. The average molecular weight is 545 g/mol. The van der Waals surface area contributed by atoms with Gasteiger partial charge in [0.1, 0.15) is 35.1 Å². The number of methoxy groups -OCH3 is 1. The Balaban J connectivity index is 1.51. The molecule has 1 aliphatic heterocycles. The number of ketones is 1. The van der Waals surface area contributed by atoms with Gasteiger partial charge in [0.2, 0.25) is 5.88 Å². The number of hydrogen-bond donors (Lipinski definition) is 0. The number of carbonyl (C=O) groups is 2. The monoisotopic (exact) mass is 544 g/mol. The van der Waals surface area contributed by atoms with Crippen molar-refractivity contribution in [3.8, 4) is 34.5 Å². The molecule has 1 aromatic carbocycles. The molecular formula is C28H24N4O6S. The van der Waals surface area contributed by atoms with Crippen molar-refractivity contribution in [3.05, 3.63) is 69.6 Å². The number of pyridine rings is 1. The maximum absolute atomic E-state index is 12.2. The highest BCUT2D eigenvalue weighted by atomic mass is 32.1. The van der Waals surface area contributed by atoms with E-state index in [2.05, 4.69) is 21.1 Å². The van der Waals surface area contributed by atoms with E-state index >= 15 is 0 Å². The third-order valence-electron chi connectivity index (χ3n) is 6.27. The zero-order valence-electron chi connectivity index (χ0n) is 21.3. The third kappa shape index (κ3) is 5.52. The summed E-state index contributed by atoms with van der Waals surface area (Å²) in [6.45, 7) is 4.37. The van der Waals surface area contributed by atoms with Crippen LogP contribution in [-0.2, 0) is 16.1 Å². The first-order valence-corrected chi connectivity index (χ1v) is 12.9. The molecule has 4 heterocycles. The second kappa shape index (κ2) is 11.5. The van der Waals surface area contributed by atoms with Gasteiger partial charge in [-0.1, -0.05) is 17.3 Å². The number of carbonyl (C=O) groups excluding carboxylic acids is 2. The molecule has 0 amide bonds. The van der Waals surface area contributed by atoms with Crippen LogP contribution < -0.4 is 9.64 Å². The molecular weight excluding hydrogens is 520 g/mol. The highest BCUT2D eigenvalue weighted by molar-refractivity contribution is 7.14. The van der Waals surface area contributed by atoms with Crippen LogP contribution in [0.3, 0.4) is 0 Å². The molecule has 1 aliphatic rings. The van der Waals surface area contributed by atoms with E-state index in [4.69, 9.17) is 18.7 Å². The van der Waals surface area contributed by atoms with Gasteiger partial charge in [-0.15, -0.1) is 11.3 Å². The van der Waals surface area contributed by atoms with Crippen molar-refractivity contribution in [2.24, 2.45) is 0 Å². The van der Waals surface area contributed by atoms with Crippen molar-refractivity contribution in [2.75, 3.05) is 38.3 Å². The molecule has 198 valence electrons. The first-order valence-electron chi connectivity index (χ1n) is 12.1. The number of benzene rings is 1. The van der Waals surface area contributed by atoms with Gasteiger partial charge in [0.05, 0.1) is 30.9 Å². The summed E-state index contributed by atoms with van der Waals surface area (Å²) in [6.07, 6.45) is 1.42. The lowest BCUT2D eigenvalue weighted by Gasteiger charge is -2.28. The molecule has 0 atom stereocenters. The Morgan fingerprint density at radius 1 is 1.13 bits per heavy atom. The van der Waals surface area contributed by atoms with Gasteiger partial charge in [-0.25, -0.2) is 9.78 Å². The molecule has 1 saturated heterocycles. The van der Waals surface area contributed by atoms with Crippen LogP contribution >= 0.6 is 11.3 Å². The van der Waals surface area contributed by atoms with Crippen molar-refractivity contribution in [3.63, 3.8) is 0 Å². The predicted molar refractivity (Wildman–Crippen MR) is 143 cm³/mol. The molecule has 0 unspecified atom stereocenters. The third-order valence-corrected chi connectivity index (χ3v) is 7.35. The molecule has 0 spiro atoms. The molecule has 0 saturated carbocycles. The number of anilines is 1. The summed E-state index contributed by atoms with van der Waals surface area (Å²) >= 11 is 1.10. The number of thiophene rings is 1.